The third kappa shape index (κ3) is 4.52. The molecule has 1 atom stereocenters. The Hall–Kier alpha value is -2.08. The Morgan fingerprint density at radius 3 is 2.24 bits per heavy atom. The Morgan fingerprint density at radius 2 is 1.76 bits per heavy atom. The van der Waals surface area contributed by atoms with Crippen molar-refractivity contribution < 1.29 is 29.6 Å². The van der Waals surface area contributed by atoms with Gasteiger partial charge in [-0.25, -0.2) is 4.79 Å². The second kappa shape index (κ2) is 5.86. The standard InChI is InChI=1S/C11H12O6/c12-8-3-1-7(2-4-8)6-17-9(11(15)16)5-10(13)14/h1-4,9,12H,5-6H2,(H,13,14)(H,15,16). The van der Waals surface area contributed by atoms with Gasteiger partial charge in [0.05, 0.1) is 13.0 Å². The van der Waals surface area contributed by atoms with Gasteiger partial charge in [0.15, 0.2) is 6.10 Å². The predicted molar refractivity (Wildman–Crippen MR) is 56.6 cm³/mol. The smallest absolute Gasteiger partial charge is 0.333 e. The minimum absolute atomic E-state index is 0.0233. The molecule has 0 heterocycles. The summed E-state index contributed by atoms with van der Waals surface area (Å²) in [7, 11) is 0. The lowest BCUT2D eigenvalue weighted by atomic mass is 10.2. The van der Waals surface area contributed by atoms with Crippen molar-refractivity contribution in [3.8, 4) is 5.75 Å². The summed E-state index contributed by atoms with van der Waals surface area (Å²) in [5.41, 5.74) is 0.652. The van der Waals surface area contributed by atoms with E-state index in [-0.39, 0.29) is 12.4 Å². The molecule has 0 fully saturated rings. The second-order valence-corrected chi connectivity index (χ2v) is 3.40. The van der Waals surface area contributed by atoms with Crippen molar-refractivity contribution in [1.29, 1.82) is 0 Å². The quantitative estimate of drug-likeness (QED) is 0.680. The molecule has 6 nitrogen and oxygen atoms in total. The highest BCUT2D eigenvalue weighted by Gasteiger charge is 2.21. The molecule has 1 unspecified atom stereocenters. The predicted octanol–water partition coefficient (Wildman–Crippen LogP) is 0.837. The summed E-state index contributed by atoms with van der Waals surface area (Å²) in [4.78, 5) is 21.1. The molecule has 3 N–H and O–H groups in total. The SMILES string of the molecule is O=C(O)CC(OCc1ccc(O)cc1)C(=O)O. The van der Waals surface area contributed by atoms with Crippen molar-refractivity contribution in [3.63, 3.8) is 0 Å². The van der Waals surface area contributed by atoms with Crippen LogP contribution in [0.3, 0.4) is 0 Å². The first-order valence-electron chi connectivity index (χ1n) is 4.83. The van der Waals surface area contributed by atoms with Crippen LogP contribution in [0.5, 0.6) is 5.75 Å². The van der Waals surface area contributed by atoms with Crippen LogP contribution in [0.1, 0.15) is 12.0 Å². The summed E-state index contributed by atoms with van der Waals surface area (Å²) in [6.07, 6.45) is -1.96. The zero-order valence-corrected chi connectivity index (χ0v) is 8.87. The Bertz CT molecular complexity index is 397. The summed E-state index contributed by atoms with van der Waals surface area (Å²) < 4.78 is 4.98. The maximum atomic E-state index is 10.7. The summed E-state index contributed by atoms with van der Waals surface area (Å²) >= 11 is 0. The van der Waals surface area contributed by atoms with Crippen molar-refractivity contribution in [2.24, 2.45) is 0 Å². The number of ether oxygens (including phenoxy) is 1. The van der Waals surface area contributed by atoms with Crippen LogP contribution < -0.4 is 0 Å². The molecule has 0 aromatic heterocycles. The van der Waals surface area contributed by atoms with E-state index in [4.69, 9.17) is 20.1 Å². The molecule has 0 saturated heterocycles. The van der Waals surface area contributed by atoms with Crippen LogP contribution >= 0.6 is 0 Å². The number of rotatable bonds is 6. The van der Waals surface area contributed by atoms with Gasteiger partial charge in [-0.15, -0.1) is 0 Å². The highest BCUT2D eigenvalue weighted by atomic mass is 16.5. The number of carboxylic acids is 2. The van der Waals surface area contributed by atoms with Crippen LogP contribution in [0, 0.1) is 0 Å². The van der Waals surface area contributed by atoms with Gasteiger partial charge in [-0.2, -0.15) is 0 Å². The molecule has 1 rings (SSSR count). The summed E-state index contributed by atoms with van der Waals surface area (Å²) in [6.45, 7) is -0.0233. The van der Waals surface area contributed by atoms with Crippen LogP contribution in [0.2, 0.25) is 0 Å². The molecule has 17 heavy (non-hydrogen) atoms. The fourth-order valence-electron chi connectivity index (χ4n) is 1.17. The highest BCUT2D eigenvalue weighted by Crippen LogP contribution is 2.12. The Kier molecular flexibility index (Phi) is 4.47. The zero-order valence-electron chi connectivity index (χ0n) is 8.87. The lowest BCUT2D eigenvalue weighted by Crippen LogP contribution is -2.26. The molecule has 0 radical (unpaired) electrons. The van der Waals surface area contributed by atoms with E-state index in [9.17, 15) is 9.59 Å². The third-order valence-electron chi connectivity index (χ3n) is 2.02. The van der Waals surface area contributed by atoms with Crippen molar-refractivity contribution in [1.82, 2.24) is 0 Å². The van der Waals surface area contributed by atoms with E-state index in [1.165, 1.54) is 12.1 Å². The van der Waals surface area contributed by atoms with E-state index in [2.05, 4.69) is 0 Å². The summed E-state index contributed by atoms with van der Waals surface area (Å²) in [5, 5.41) is 26.2. The Balaban J connectivity index is 2.54. The van der Waals surface area contributed by atoms with Crippen LogP contribution in [-0.2, 0) is 20.9 Å². The number of carboxylic acid groups (broad SMARTS) is 2. The Labute approximate surface area is 97.1 Å². The van der Waals surface area contributed by atoms with Crippen LogP contribution in [0.4, 0.5) is 0 Å². The number of hydrogen-bond donors (Lipinski definition) is 3. The molecule has 0 aliphatic carbocycles. The van der Waals surface area contributed by atoms with E-state index in [1.54, 1.807) is 12.1 Å². The number of phenolic OH excluding ortho intramolecular Hbond substituents is 1. The van der Waals surface area contributed by atoms with Crippen molar-refractivity contribution >= 4 is 11.9 Å². The maximum Gasteiger partial charge on any atom is 0.333 e. The number of phenols is 1. The molecule has 0 spiro atoms. The van der Waals surface area contributed by atoms with Gasteiger partial charge in [0.2, 0.25) is 0 Å². The van der Waals surface area contributed by atoms with Crippen molar-refractivity contribution in [2.45, 2.75) is 19.1 Å². The van der Waals surface area contributed by atoms with E-state index >= 15 is 0 Å². The van der Waals surface area contributed by atoms with E-state index < -0.39 is 24.5 Å². The number of hydrogen-bond acceptors (Lipinski definition) is 4. The molecule has 1 aromatic rings. The zero-order chi connectivity index (χ0) is 12.8. The lowest BCUT2D eigenvalue weighted by molar-refractivity contribution is -0.157. The van der Waals surface area contributed by atoms with Crippen molar-refractivity contribution in [2.75, 3.05) is 0 Å². The largest absolute Gasteiger partial charge is 0.508 e. The van der Waals surface area contributed by atoms with Gasteiger partial charge in [0.25, 0.3) is 0 Å². The fourth-order valence-corrected chi connectivity index (χ4v) is 1.17. The molecule has 0 amide bonds. The van der Waals surface area contributed by atoms with E-state index in [0.717, 1.165) is 0 Å². The number of benzene rings is 1. The van der Waals surface area contributed by atoms with Gasteiger partial charge >= 0.3 is 11.9 Å². The molecule has 0 saturated carbocycles. The van der Waals surface area contributed by atoms with Gasteiger partial charge in [0, 0.05) is 0 Å². The minimum Gasteiger partial charge on any atom is -0.508 e. The molecule has 0 bridgehead atoms. The maximum absolute atomic E-state index is 10.7. The summed E-state index contributed by atoms with van der Waals surface area (Å²) in [5.74, 6) is -2.46. The Morgan fingerprint density at radius 1 is 1.18 bits per heavy atom. The normalized spacial score (nSPS) is 12.0. The van der Waals surface area contributed by atoms with Gasteiger partial charge in [0.1, 0.15) is 5.75 Å². The first kappa shape index (κ1) is 13.0. The third-order valence-corrected chi connectivity index (χ3v) is 2.02. The molecular weight excluding hydrogens is 228 g/mol. The van der Waals surface area contributed by atoms with Crippen LogP contribution in [0.25, 0.3) is 0 Å². The molecule has 6 heteroatoms. The lowest BCUT2D eigenvalue weighted by Gasteiger charge is -2.11. The average molecular weight is 240 g/mol. The first-order chi connectivity index (χ1) is 7.99. The highest BCUT2D eigenvalue weighted by molar-refractivity contribution is 5.79. The van der Waals surface area contributed by atoms with Crippen molar-refractivity contribution in [3.05, 3.63) is 29.8 Å². The molecule has 0 aliphatic heterocycles. The van der Waals surface area contributed by atoms with Crippen LogP contribution in [0.15, 0.2) is 24.3 Å². The number of aliphatic carboxylic acids is 2. The monoisotopic (exact) mass is 240 g/mol. The van der Waals surface area contributed by atoms with Gasteiger partial charge in [-0.05, 0) is 17.7 Å². The molecular formula is C11H12O6. The molecule has 1 aromatic carbocycles. The van der Waals surface area contributed by atoms with Gasteiger partial charge in [-0.3, -0.25) is 4.79 Å². The number of carbonyl (C=O) groups is 2. The van der Waals surface area contributed by atoms with Gasteiger partial charge in [-0.1, -0.05) is 12.1 Å². The average Bonchev–Trinajstić information content (AvgIpc) is 2.25. The van der Waals surface area contributed by atoms with Crippen LogP contribution in [-0.4, -0.2) is 33.4 Å². The summed E-state index contributed by atoms with van der Waals surface area (Å²) in [6, 6.07) is 6.00. The minimum atomic E-state index is -1.37. The molecule has 92 valence electrons. The topological polar surface area (TPSA) is 104 Å². The van der Waals surface area contributed by atoms with Gasteiger partial charge < -0.3 is 20.1 Å². The van der Waals surface area contributed by atoms with E-state index in [0.29, 0.717) is 5.56 Å². The fraction of sp³-hybridized carbons (Fsp3) is 0.273. The molecule has 0 aliphatic rings. The first-order valence-corrected chi connectivity index (χ1v) is 4.83. The second-order valence-electron chi connectivity index (χ2n) is 3.40. The number of aromatic hydroxyl groups is 1. The van der Waals surface area contributed by atoms with E-state index in [1.807, 2.05) is 0 Å².